The lowest BCUT2D eigenvalue weighted by molar-refractivity contribution is -0.126. The van der Waals surface area contributed by atoms with E-state index >= 15 is 0 Å². The van der Waals surface area contributed by atoms with Gasteiger partial charge in [-0.3, -0.25) is 9.98 Å². The van der Waals surface area contributed by atoms with Crippen LogP contribution >= 0.6 is 11.8 Å². The van der Waals surface area contributed by atoms with Gasteiger partial charge in [0, 0.05) is 6.54 Å². The van der Waals surface area contributed by atoms with Gasteiger partial charge in [0.15, 0.2) is 10.5 Å². The molecule has 0 radical (unpaired) electrons. The zero-order valence-electron chi connectivity index (χ0n) is 6.45. The molecule has 2 aliphatic rings. The molecule has 72 valence electrons. The molecule has 0 aromatic carbocycles. The Kier molecular flexibility index (Phi) is 1.98. The number of rotatable bonds is 0. The highest BCUT2D eigenvalue weighted by atomic mass is 32.2. The first-order valence-electron chi connectivity index (χ1n) is 3.65. The van der Waals surface area contributed by atoms with Crippen molar-refractivity contribution in [3.63, 3.8) is 0 Å². The van der Waals surface area contributed by atoms with E-state index in [1.54, 1.807) is 4.90 Å². The van der Waals surface area contributed by atoms with Crippen molar-refractivity contribution < 1.29 is 13.2 Å². The summed E-state index contributed by atoms with van der Waals surface area (Å²) in [6.45, 7) is 1.19. The molecule has 0 aromatic rings. The fourth-order valence-electron chi connectivity index (χ4n) is 1.07. The van der Waals surface area contributed by atoms with E-state index in [2.05, 4.69) is 9.98 Å². The highest BCUT2D eigenvalue weighted by Gasteiger charge is 2.43. The van der Waals surface area contributed by atoms with Crippen LogP contribution in [0.1, 0.15) is 0 Å². The number of aliphatic imine (C=N–C) groups is 2. The third kappa shape index (κ3) is 1.65. The molecule has 7 heteroatoms. The topological polar surface area (TPSA) is 28.0 Å². The molecule has 0 fully saturated rings. The summed E-state index contributed by atoms with van der Waals surface area (Å²) in [6.07, 6.45) is -3.06. The highest BCUT2D eigenvalue weighted by Crippen LogP contribution is 2.35. The maximum atomic E-state index is 12.2. The van der Waals surface area contributed by atoms with Crippen LogP contribution in [-0.4, -0.2) is 41.0 Å². The van der Waals surface area contributed by atoms with Gasteiger partial charge in [0.25, 0.3) is 0 Å². The second-order valence-corrected chi connectivity index (χ2v) is 3.68. The summed E-state index contributed by atoms with van der Waals surface area (Å²) in [4.78, 5) is 8.97. The molecule has 0 aliphatic carbocycles. The van der Waals surface area contributed by atoms with Crippen molar-refractivity contribution >= 4 is 23.3 Å². The molecular weight excluding hydrogens is 203 g/mol. The Labute approximate surface area is 76.7 Å². The van der Waals surface area contributed by atoms with Crippen LogP contribution in [0.25, 0.3) is 0 Å². The average molecular weight is 209 g/mol. The lowest BCUT2D eigenvalue weighted by atomic mass is 10.6. The van der Waals surface area contributed by atoms with Crippen LogP contribution in [0.2, 0.25) is 0 Å². The minimum atomic E-state index is -4.28. The first kappa shape index (κ1) is 8.86. The first-order valence-corrected chi connectivity index (χ1v) is 4.53. The molecule has 2 rings (SSSR count). The third-order valence-corrected chi connectivity index (χ3v) is 2.86. The lowest BCUT2D eigenvalue weighted by Gasteiger charge is -2.24. The molecule has 13 heavy (non-hydrogen) atoms. The van der Waals surface area contributed by atoms with Gasteiger partial charge in [0.2, 0.25) is 0 Å². The quantitative estimate of drug-likeness (QED) is 0.602. The SMILES string of the molecule is FC(F)(F)C1N=CN2CCN=C2S1. The summed E-state index contributed by atoms with van der Waals surface area (Å²) in [5.41, 5.74) is 0. The Morgan fingerprint density at radius 1 is 1.54 bits per heavy atom. The van der Waals surface area contributed by atoms with E-state index in [-0.39, 0.29) is 0 Å². The summed E-state index contributed by atoms with van der Waals surface area (Å²) in [6, 6.07) is 0. The molecule has 1 atom stereocenters. The maximum Gasteiger partial charge on any atom is 0.420 e. The Morgan fingerprint density at radius 2 is 2.31 bits per heavy atom. The molecule has 3 nitrogen and oxygen atoms in total. The molecule has 0 N–H and O–H groups in total. The van der Waals surface area contributed by atoms with Gasteiger partial charge in [-0.15, -0.1) is 0 Å². The van der Waals surface area contributed by atoms with Crippen LogP contribution in [0.15, 0.2) is 9.98 Å². The maximum absolute atomic E-state index is 12.2. The predicted octanol–water partition coefficient (Wildman–Crippen LogP) is 1.32. The minimum Gasteiger partial charge on any atom is -0.310 e. The van der Waals surface area contributed by atoms with Crippen molar-refractivity contribution in [3.8, 4) is 0 Å². The van der Waals surface area contributed by atoms with E-state index in [0.29, 0.717) is 30.0 Å². The molecule has 0 spiro atoms. The van der Waals surface area contributed by atoms with Gasteiger partial charge >= 0.3 is 6.18 Å². The van der Waals surface area contributed by atoms with Crippen LogP contribution in [0, 0.1) is 0 Å². The first-order chi connectivity index (χ1) is 6.07. The summed E-state index contributed by atoms with van der Waals surface area (Å²) in [5, 5.41) is -1.25. The fourth-order valence-corrected chi connectivity index (χ4v) is 1.96. The lowest BCUT2D eigenvalue weighted by Crippen LogP contribution is -2.35. The Hall–Kier alpha value is -0.720. The standard InChI is InChI=1S/C6H6F3N3S/c7-6(8,9)4-11-3-12-2-1-10-5(12)13-4/h3-4H,1-2H2. The number of thioether (sulfide) groups is 1. The minimum absolute atomic E-state index is 0.428. The van der Waals surface area contributed by atoms with Crippen molar-refractivity contribution in [3.05, 3.63) is 0 Å². The van der Waals surface area contributed by atoms with Gasteiger partial charge in [0.1, 0.15) is 0 Å². The summed E-state index contributed by atoms with van der Waals surface area (Å²) >= 11 is 0.662. The van der Waals surface area contributed by atoms with Crippen molar-refractivity contribution in [2.45, 2.75) is 11.6 Å². The van der Waals surface area contributed by atoms with Gasteiger partial charge in [-0.2, -0.15) is 13.2 Å². The van der Waals surface area contributed by atoms with Gasteiger partial charge < -0.3 is 4.90 Å². The van der Waals surface area contributed by atoms with E-state index in [1.807, 2.05) is 0 Å². The molecule has 0 amide bonds. The number of hydrogen-bond acceptors (Lipinski definition) is 4. The number of hydrogen-bond donors (Lipinski definition) is 0. The molecular formula is C6H6F3N3S. The normalized spacial score (nSPS) is 27.5. The van der Waals surface area contributed by atoms with Gasteiger partial charge in [-0.25, -0.2) is 0 Å². The van der Waals surface area contributed by atoms with Crippen LogP contribution < -0.4 is 0 Å². The number of fused-ring (bicyclic) bond motifs is 1. The number of amidine groups is 1. The van der Waals surface area contributed by atoms with E-state index in [1.165, 1.54) is 6.34 Å². The Balaban J connectivity index is 2.16. The number of halogens is 3. The molecule has 0 aromatic heterocycles. The second kappa shape index (κ2) is 2.90. The Morgan fingerprint density at radius 3 is 3.00 bits per heavy atom. The van der Waals surface area contributed by atoms with Crippen LogP contribution in [0.3, 0.4) is 0 Å². The third-order valence-electron chi connectivity index (χ3n) is 1.67. The van der Waals surface area contributed by atoms with Gasteiger partial charge in [0.05, 0.1) is 12.9 Å². The number of alkyl halides is 3. The summed E-state index contributed by atoms with van der Waals surface area (Å²) in [7, 11) is 0. The second-order valence-electron chi connectivity index (χ2n) is 2.63. The number of nitrogens with zero attached hydrogens (tertiary/aromatic N) is 3. The van der Waals surface area contributed by atoms with Crippen molar-refractivity contribution in [1.29, 1.82) is 0 Å². The molecule has 2 aliphatic heterocycles. The fraction of sp³-hybridized carbons (Fsp3) is 0.667. The summed E-state index contributed by atoms with van der Waals surface area (Å²) in [5.74, 6) is 0. The predicted molar refractivity (Wildman–Crippen MR) is 44.9 cm³/mol. The van der Waals surface area contributed by atoms with E-state index in [0.717, 1.165) is 0 Å². The summed E-state index contributed by atoms with van der Waals surface area (Å²) < 4.78 is 36.6. The molecule has 0 saturated carbocycles. The zero-order chi connectivity index (χ0) is 9.47. The van der Waals surface area contributed by atoms with Crippen LogP contribution in [0.5, 0.6) is 0 Å². The van der Waals surface area contributed by atoms with E-state index in [4.69, 9.17) is 0 Å². The van der Waals surface area contributed by atoms with E-state index < -0.39 is 11.6 Å². The van der Waals surface area contributed by atoms with Crippen molar-refractivity contribution in [1.82, 2.24) is 4.90 Å². The highest BCUT2D eigenvalue weighted by molar-refractivity contribution is 8.14. The molecule has 0 saturated heterocycles. The largest absolute Gasteiger partial charge is 0.420 e. The van der Waals surface area contributed by atoms with Gasteiger partial charge in [-0.1, -0.05) is 11.8 Å². The van der Waals surface area contributed by atoms with Gasteiger partial charge in [-0.05, 0) is 0 Å². The van der Waals surface area contributed by atoms with E-state index in [9.17, 15) is 13.2 Å². The smallest absolute Gasteiger partial charge is 0.310 e. The van der Waals surface area contributed by atoms with Crippen LogP contribution in [0.4, 0.5) is 13.2 Å². The Bertz CT molecular complexity index is 273. The average Bonchev–Trinajstić information content (AvgIpc) is 2.47. The van der Waals surface area contributed by atoms with Crippen molar-refractivity contribution in [2.75, 3.05) is 13.1 Å². The molecule has 0 bridgehead atoms. The van der Waals surface area contributed by atoms with Crippen LogP contribution in [-0.2, 0) is 0 Å². The molecule has 1 unspecified atom stereocenters. The van der Waals surface area contributed by atoms with Crippen molar-refractivity contribution in [2.24, 2.45) is 9.98 Å². The monoisotopic (exact) mass is 209 g/mol. The molecule has 2 heterocycles. The zero-order valence-corrected chi connectivity index (χ0v) is 7.27.